The third kappa shape index (κ3) is 4.01. The van der Waals surface area contributed by atoms with E-state index in [9.17, 15) is 4.79 Å². The van der Waals surface area contributed by atoms with E-state index in [1.54, 1.807) is 7.11 Å². The molecule has 0 aliphatic carbocycles. The van der Waals surface area contributed by atoms with Gasteiger partial charge in [-0.2, -0.15) is 0 Å². The van der Waals surface area contributed by atoms with Gasteiger partial charge in [0.15, 0.2) is 0 Å². The zero-order valence-corrected chi connectivity index (χ0v) is 10.8. The molecule has 0 radical (unpaired) electrons. The van der Waals surface area contributed by atoms with E-state index in [4.69, 9.17) is 15.6 Å². The van der Waals surface area contributed by atoms with Gasteiger partial charge in [0.1, 0.15) is 11.8 Å². The van der Waals surface area contributed by atoms with E-state index in [0.717, 1.165) is 17.7 Å². The van der Waals surface area contributed by atoms with Crippen LogP contribution in [0.5, 0.6) is 5.75 Å². The van der Waals surface area contributed by atoms with Crippen LogP contribution in [0.3, 0.4) is 0 Å². The van der Waals surface area contributed by atoms with Crippen LogP contribution in [0.25, 0.3) is 0 Å². The number of nitrogens with two attached hydrogens (primary N) is 1. The Labute approximate surface area is 107 Å². The van der Waals surface area contributed by atoms with Gasteiger partial charge in [-0.05, 0) is 18.1 Å². The monoisotopic (exact) mass is 252 g/mol. The van der Waals surface area contributed by atoms with Crippen LogP contribution in [0.4, 0.5) is 0 Å². The molecule has 0 aliphatic heterocycles. The number of rotatable bonds is 7. The molecular formula is C13H20N2O3. The lowest BCUT2D eigenvalue weighted by atomic mass is 10.1. The molecule has 0 fully saturated rings. The maximum atomic E-state index is 10.6. The van der Waals surface area contributed by atoms with Crippen molar-refractivity contribution in [3.8, 4) is 5.75 Å². The molecule has 5 heteroatoms. The van der Waals surface area contributed by atoms with Crippen LogP contribution >= 0.6 is 0 Å². The number of carboxylic acids is 1. The van der Waals surface area contributed by atoms with E-state index in [-0.39, 0.29) is 6.54 Å². The number of nitrogens with one attached hydrogen (secondary N) is 1. The number of aryl methyl sites for hydroxylation is 1. The number of carbonyl (C=O) groups is 1. The zero-order chi connectivity index (χ0) is 13.5. The average molecular weight is 252 g/mol. The van der Waals surface area contributed by atoms with Gasteiger partial charge in [-0.1, -0.05) is 19.1 Å². The molecule has 1 rings (SSSR count). The van der Waals surface area contributed by atoms with Gasteiger partial charge >= 0.3 is 5.97 Å². The minimum atomic E-state index is -1.00. The van der Waals surface area contributed by atoms with E-state index < -0.39 is 12.0 Å². The fourth-order valence-corrected chi connectivity index (χ4v) is 1.64. The molecule has 0 spiro atoms. The van der Waals surface area contributed by atoms with Crippen molar-refractivity contribution in [3.63, 3.8) is 0 Å². The SMILES string of the molecule is CCc1ccc(OC)c(CNCC(N)C(=O)O)c1. The first kappa shape index (κ1) is 14.5. The fourth-order valence-electron chi connectivity index (χ4n) is 1.64. The Morgan fingerprint density at radius 3 is 2.83 bits per heavy atom. The van der Waals surface area contributed by atoms with Gasteiger partial charge in [0, 0.05) is 18.7 Å². The highest BCUT2D eigenvalue weighted by Gasteiger charge is 2.11. The van der Waals surface area contributed by atoms with Crippen molar-refractivity contribution in [1.82, 2.24) is 5.32 Å². The Bertz CT molecular complexity index is 407. The molecule has 0 aliphatic rings. The summed E-state index contributed by atoms with van der Waals surface area (Å²) in [6, 6.07) is 5.11. The summed E-state index contributed by atoms with van der Waals surface area (Å²) in [6.45, 7) is 2.85. The lowest BCUT2D eigenvalue weighted by Gasteiger charge is -2.12. The summed E-state index contributed by atoms with van der Waals surface area (Å²) in [5, 5.41) is 11.7. The molecular weight excluding hydrogens is 232 g/mol. The van der Waals surface area contributed by atoms with Gasteiger partial charge in [-0.3, -0.25) is 4.79 Å². The zero-order valence-electron chi connectivity index (χ0n) is 10.8. The molecule has 4 N–H and O–H groups in total. The molecule has 0 amide bonds. The molecule has 0 heterocycles. The maximum Gasteiger partial charge on any atom is 0.321 e. The van der Waals surface area contributed by atoms with Gasteiger partial charge in [0.05, 0.1) is 7.11 Å². The second-order valence-electron chi connectivity index (χ2n) is 4.08. The summed E-state index contributed by atoms with van der Waals surface area (Å²) >= 11 is 0. The topological polar surface area (TPSA) is 84.6 Å². The second kappa shape index (κ2) is 6.98. The van der Waals surface area contributed by atoms with Gasteiger partial charge in [-0.15, -0.1) is 0 Å². The van der Waals surface area contributed by atoms with Crippen molar-refractivity contribution in [2.75, 3.05) is 13.7 Å². The summed E-state index contributed by atoms with van der Waals surface area (Å²) in [5.41, 5.74) is 7.64. The number of methoxy groups -OCH3 is 1. The Morgan fingerprint density at radius 1 is 1.56 bits per heavy atom. The first-order valence-electron chi connectivity index (χ1n) is 5.93. The number of hydrogen-bond acceptors (Lipinski definition) is 4. The lowest BCUT2D eigenvalue weighted by Crippen LogP contribution is -2.40. The summed E-state index contributed by atoms with van der Waals surface area (Å²) in [7, 11) is 1.62. The van der Waals surface area contributed by atoms with Crippen LogP contribution in [-0.4, -0.2) is 30.8 Å². The van der Waals surface area contributed by atoms with E-state index in [1.807, 2.05) is 12.1 Å². The number of benzene rings is 1. The van der Waals surface area contributed by atoms with Crippen LogP contribution in [0.15, 0.2) is 18.2 Å². The van der Waals surface area contributed by atoms with Crippen molar-refractivity contribution in [1.29, 1.82) is 0 Å². The maximum absolute atomic E-state index is 10.6. The third-order valence-electron chi connectivity index (χ3n) is 2.75. The molecule has 5 nitrogen and oxygen atoms in total. The molecule has 0 bridgehead atoms. The van der Waals surface area contributed by atoms with Crippen molar-refractivity contribution in [2.45, 2.75) is 25.9 Å². The van der Waals surface area contributed by atoms with Crippen LogP contribution in [0.2, 0.25) is 0 Å². The molecule has 1 aromatic carbocycles. The molecule has 0 aromatic heterocycles. The Balaban J connectivity index is 2.62. The van der Waals surface area contributed by atoms with Crippen molar-refractivity contribution in [3.05, 3.63) is 29.3 Å². The lowest BCUT2D eigenvalue weighted by molar-refractivity contribution is -0.138. The third-order valence-corrected chi connectivity index (χ3v) is 2.75. The molecule has 0 saturated heterocycles. The summed E-state index contributed by atoms with van der Waals surface area (Å²) < 4.78 is 5.26. The van der Waals surface area contributed by atoms with Gasteiger partial charge in [0.25, 0.3) is 0 Å². The minimum Gasteiger partial charge on any atom is -0.496 e. The predicted octanol–water partition coefficient (Wildman–Crippen LogP) is 0.759. The highest BCUT2D eigenvalue weighted by molar-refractivity contribution is 5.73. The fraction of sp³-hybridized carbons (Fsp3) is 0.462. The molecule has 1 unspecified atom stereocenters. The quantitative estimate of drug-likeness (QED) is 0.667. The van der Waals surface area contributed by atoms with Crippen molar-refractivity contribution < 1.29 is 14.6 Å². The van der Waals surface area contributed by atoms with E-state index in [1.165, 1.54) is 5.56 Å². The first-order valence-corrected chi connectivity index (χ1v) is 5.93. The molecule has 18 heavy (non-hydrogen) atoms. The Hall–Kier alpha value is -1.59. The van der Waals surface area contributed by atoms with Crippen LogP contribution < -0.4 is 15.8 Å². The largest absolute Gasteiger partial charge is 0.496 e. The molecule has 100 valence electrons. The van der Waals surface area contributed by atoms with Crippen LogP contribution in [0.1, 0.15) is 18.1 Å². The average Bonchev–Trinajstić information content (AvgIpc) is 2.38. The van der Waals surface area contributed by atoms with Crippen LogP contribution in [-0.2, 0) is 17.8 Å². The number of hydrogen-bond donors (Lipinski definition) is 3. The highest BCUT2D eigenvalue weighted by Crippen LogP contribution is 2.19. The minimum absolute atomic E-state index is 0.231. The number of ether oxygens (including phenoxy) is 1. The van der Waals surface area contributed by atoms with Crippen molar-refractivity contribution >= 4 is 5.97 Å². The second-order valence-corrected chi connectivity index (χ2v) is 4.08. The smallest absolute Gasteiger partial charge is 0.321 e. The predicted molar refractivity (Wildman–Crippen MR) is 69.7 cm³/mol. The molecule has 0 saturated carbocycles. The standard InChI is InChI=1S/C13H20N2O3/c1-3-9-4-5-12(18-2)10(6-9)7-15-8-11(14)13(16)17/h4-6,11,15H,3,7-8,14H2,1-2H3,(H,16,17). The van der Waals surface area contributed by atoms with Gasteiger partial charge in [0.2, 0.25) is 0 Å². The molecule has 1 atom stereocenters. The first-order chi connectivity index (χ1) is 8.58. The normalized spacial score (nSPS) is 12.2. The van der Waals surface area contributed by atoms with E-state index in [2.05, 4.69) is 18.3 Å². The number of aliphatic carboxylic acids is 1. The van der Waals surface area contributed by atoms with Crippen LogP contribution in [0, 0.1) is 0 Å². The Kier molecular flexibility index (Phi) is 5.61. The Morgan fingerprint density at radius 2 is 2.28 bits per heavy atom. The summed E-state index contributed by atoms with van der Waals surface area (Å²) in [5.74, 6) is -0.208. The van der Waals surface area contributed by atoms with Gasteiger partial charge < -0.3 is 20.9 Å². The van der Waals surface area contributed by atoms with E-state index in [0.29, 0.717) is 6.54 Å². The summed E-state index contributed by atoms with van der Waals surface area (Å²) in [4.78, 5) is 10.6. The highest BCUT2D eigenvalue weighted by atomic mass is 16.5. The number of carboxylic acid groups (broad SMARTS) is 1. The van der Waals surface area contributed by atoms with Crippen molar-refractivity contribution in [2.24, 2.45) is 5.73 Å². The van der Waals surface area contributed by atoms with Gasteiger partial charge in [-0.25, -0.2) is 0 Å². The molecule has 1 aromatic rings. The summed E-state index contributed by atoms with van der Waals surface area (Å²) in [6.07, 6.45) is 0.950. The van der Waals surface area contributed by atoms with E-state index >= 15 is 0 Å².